The largest absolute Gasteiger partial charge is 0.349 e. The van der Waals surface area contributed by atoms with Crippen LogP contribution in [-0.2, 0) is 0 Å². The minimum Gasteiger partial charge on any atom is -0.349 e. The normalized spacial score (nSPS) is 13.3. The molecule has 2 aromatic carbocycles. The summed E-state index contributed by atoms with van der Waals surface area (Å²) >= 11 is 0. The smallest absolute Gasteiger partial charge is 0.256 e. The predicted octanol–water partition coefficient (Wildman–Crippen LogP) is 4.82. The Kier molecular flexibility index (Phi) is 5.38. The van der Waals surface area contributed by atoms with Crippen LogP contribution in [0.25, 0.3) is 22.3 Å². The third-order valence-corrected chi connectivity index (χ3v) is 5.69. The van der Waals surface area contributed by atoms with Gasteiger partial charge in [-0.25, -0.2) is 9.67 Å². The van der Waals surface area contributed by atoms with E-state index in [0.717, 1.165) is 18.4 Å². The lowest BCUT2D eigenvalue weighted by atomic mass is 10.1. The fraction of sp³-hybridized carbons (Fsp3) is 0.231. The molecule has 0 radical (unpaired) electrons. The molecule has 4 aromatic rings. The number of pyridine rings is 1. The fourth-order valence-electron chi connectivity index (χ4n) is 3.74. The maximum atomic E-state index is 13.3. The average molecular weight is 440 g/mol. The van der Waals surface area contributed by atoms with E-state index in [1.54, 1.807) is 36.5 Å². The molecule has 0 saturated heterocycles. The molecule has 2 N–H and O–H groups in total. The summed E-state index contributed by atoms with van der Waals surface area (Å²) in [7, 11) is 0. The number of fused-ring (bicyclic) bond motifs is 1. The molecule has 0 atom stereocenters. The molecule has 2 aromatic heterocycles. The molecule has 0 bridgehead atoms. The Balaban J connectivity index is 1.46. The second-order valence-electron chi connectivity index (χ2n) is 8.62. The molecule has 166 valence electrons. The van der Waals surface area contributed by atoms with Crippen molar-refractivity contribution < 1.29 is 9.59 Å². The van der Waals surface area contributed by atoms with E-state index in [1.165, 1.54) is 0 Å². The first-order valence-corrected chi connectivity index (χ1v) is 11.2. The van der Waals surface area contributed by atoms with Gasteiger partial charge in [-0.2, -0.15) is 5.10 Å². The van der Waals surface area contributed by atoms with Crippen molar-refractivity contribution in [3.8, 4) is 11.3 Å². The number of hydrogen-bond acceptors (Lipinski definition) is 4. The summed E-state index contributed by atoms with van der Waals surface area (Å²) in [5.41, 5.74) is 4.00. The number of hydrogen-bond donors (Lipinski definition) is 2. The predicted molar refractivity (Wildman–Crippen MR) is 128 cm³/mol. The summed E-state index contributed by atoms with van der Waals surface area (Å²) in [4.78, 5) is 30.3. The van der Waals surface area contributed by atoms with Crippen LogP contribution in [0.1, 0.15) is 53.4 Å². The van der Waals surface area contributed by atoms with E-state index in [4.69, 9.17) is 4.98 Å². The quantitative estimate of drug-likeness (QED) is 0.451. The molecule has 7 nitrogen and oxygen atoms in total. The van der Waals surface area contributed by atoms with Crippen LogP contribution in [0.15, 0.2) is 66.9 Å². The van der Waals surface area contributed by atoms with Crippen LogP contribution in [0.2, 0.25) is 0 Å². The van der Waals surface area contributed by atoms with Crippen LogP contribution in [0.3, 0.4) is 0 Å². The van der Waals surface area contributed by atoms with Crippen molar-refractivity contribution >= 4 is 28.5 Å². The number of nitrogens with one attached hydrogen (secondary N) is 2. The van der Waals surface area contributed by atoms with Crippen LogP contribution in [0.5, 0.6) is 0 Å². The van der Waals surface area contributed by atoms with E-state index in [-0.39, 0.29) is 17.9 Å². The highest BCUT2D eigenvalue weighted by Gasteiger charge is 2.24. The lowest BCUT2D eigenvalue weighted by molar-refractivity contribution is 0.0950. The number of amides is 2. The summed E-state index contributed by atoms with van der Waals surface area (Å²) in [6.07, 6.45) is 3.77. The second-order valence-corrected chi connectivity index (χ2v) is 8.62. The molecule has 7 heteroatoms. The first kappa shape index (κ1) is 20.9. The van der Waals surface area contributed by atoms with Crippen molar-refractivity contribution in [3.05, 3.63) is 78.0 Å². The zero-order valence-corrected chi connectivity index (χ0v) is 18.6. The Morgan fingerprint density at radius 1 is 1.00 bits per heavy atom. The van der Waals surface area contributed by atoms with E-state index in [2.05, 4.69) is 15.7 Å². The maximum absolute atomic E-state index is 13.3. The topological polar surface area (TPSA) is 88.9 Å². The highest BCUT2D eigenvalue weighted by molar-refractivity contribution is 6.12. The number of benzene rings is 2. The van der Waals surface area contributed by atoms with E-state index >= 15 is 0 Å². The number of carbonyl (C=O) groups is 2. The Morgan fingerprint density at radius 3 is 2.39 bits per heavy atom. The van der Waals surface area contributed by atoms with Gasteiger partial charge in [0.2, 0.25) is 0 Å². The van der Waals surface area contributed by atoms with E-state index in [9.17, 15) is 9.59 Å². The number of rotatable bonds is 6. The van der Waals surface area contributed by atoms with Gasteiger partial charge in [-0.05, 0) is 57.0 Å². The highest BCUT2D eigenvalue weighted by atomic mass is 16.2. The minimum absolute atomic E-state index is 0.0835. The standard InChI is InChI=1S/C26H25N5O2/c1-16(2)31-24-22(15-27-31)21(14-23(30-24)17-6-4-3-5-7-17)26(33)29-19-10-8-18(9-11-19)25(32)28-20-12-13-20/h3-11,14-16,20H,12-13H2,1-2H3,(H,28,32)(H,29,33). The lowest BCUT2D eigenvalue weighted by Gasteiger charge is -2.11. The molecule has 0 spiro atoms. The van der Waals surface area contributed by atoms with Gasteiger partial charge in [0.15, 0.2) is 5.65 Å². The minimum atomic E-state index is -0.252. The van der Waals surface area contributed by atoms with Gasteiger partial charge in [0.1, 0.15) is 0 Å². The van der Waals surface area contributed by atoms with Gasteiger partial charge in [0, 0.05) is 28.9 Å². The second kappa shape index (κ2) is 8.50. The molecule has 1 saturated carbocycles. The SMILES string of the molecule is CC(C)n1ncc2c(C(=O)Nc3ccc(C(=O)NC4CC4)cc3)cc(-c3ccccc3)nc21. The van der Waals surface area contributed by atoms with Gasteiger partial charge < -0.3 is 10.6 Å². The molecule has 1 aliphatic carbocycles. The molecule has 5 rings (SSSR count). The summed E-state index contributed by atoms with van der Waals surface area (Å²) in [6, 6.07) is 18.9. The van der Waals surface area contributed by atoms with Crippen molar-refractivity contribution in [2.24, 2.45) is 0 Å². The highest BCUT2D eigenvalue weighted by Crippen LogP contribution is 2.27. The molecule has 2 amide bonds. The van der Waals surface area contributed by atoms with Gasteiger partial charge in [0.25, 0.3) is 11.8 Å². The summed E-state index contributed by atoms with van der Waals surface area (Å²) in [5, 5.41) is 11.1. The fourth-order valence-corrected chi connectivity index (χ4v) is 3.74. The number of anilines is 1. The van der Waals surface area contributed by atoms with Crippen molar-refractivity contribution in [2.45, 2.75) is 38.8 Å². The summed E-state index contributed by atoms with van der Waals surface area (Å²) < 4.78 is 1.83. The van der Waals surface area contributed by atoms with Crippen molar-refractivity contribution in [1.82, 2.24) is 20.1 Å². The van der Waals surface area contributed by atoms with Gasteiger partial charge in [-0.3, -0.25) is 9.59 Å². The van der Waals surface area contributed by atoms with Gasteiger partial charge in [-0.15, -0.1) is 0 Å². The van der Waals surface area contributed by atoms with Crippen molar-refractivity contribution in [3.63, 3.8) is 0 Å². The molecular weight excluding hydrogens is 414 g/mol. The number of aromatic nitrogens is 3. The molecule has 1 aliphatic rings. The lowest BCUT2D eigenvalue weighted by Crippen LogP contribution is -2.25. The van der Waals surface area contributed by atoms with E-state index in [1.807, 2.05) is 48.9 Å². The van der Waals surface area contributed by atoms with Crippen LogP contribution in [0.4, 0.5) is 5.69 Å². The van der Waals surface area contributed by atoms with Crippen LogP contribution in [0, 0.1) is 0 Å². The first-order chi connectivity index (χ1) is 16.0. The monoisotopic (exact) mass is 439 g/mol. The Morgan fingerprint density at radius 2 is 1.73 bits per heavy atom. The number of nitrogens with zero attached hydrogens (tertiary/aromatic N) is 3. The van der Waals surface area contributed by atoms with E-state index < -0.39 is 0 Å². The Bertz CT molecular complexity index is 1320. The van der Waals surface area contributed by atoms with Crippen LogP contribution < -0.4 is 10.6 Å². The molecule has 1 fully saturated rings. The number of carbonyl (C=O) groups excluding carboxylic acids is 2. The van der Waals surface area contributed by atoms with Crippen LogP contribution >= 0.6 is 0 Å². The molecular formula is C26H25N5O2. The van der Waals surface area contributed by atoms with Crippen molar-refractivity contribution in [1.29, 1.82) is 0 Å². The van der Waals surface area contributed by atoms with E-state index in [0.29, 0.717) is 39.6 Å². The summed E-state index contributed by atoms with van der Waals surface area (Å²) in [5.74, 6) is -0.335. The van der Waals surface area contributed by atoms with Gasteiger partial charge >= 0.3 is 0 Å². The third-order valence-electron chi connectivity index (χ3n) is 5.69. The van der Waals surface area contributed by atoms with Crippen molar-refractivity contribution in [2.75, 3.05) is 5.32 Å². The molecule has 2 heterocycles. The maximum Gasteiger partial charge on any atom is 0.256 e. The zero-order valence-electron chi connectivity index (χ0n) is 18.6. The zero-order chi connectivity index (χ0) is 22.9. The van der Waals surface area contributed by atoms with Crippen LogP contribution in [-0.4, -0.2) is 32.6 Å². The Labute approximate surface area is 191 Å². The Hall–Kier alpha value is -4.00. The van der Waals surface area contributed by atoms with Gasteiger partial charge in [-0.1, -0.05) is 30.3 Å². The molecule has 0 unspecified atom stereocenters. The third kappa shape index (κ3) is 4.35. The summed E-state index contributed by atoms with van der Waals surface area (Å²) in [6.45, 7) is 4.06. The molecule has 0 aliphatic heterocycles. The average Bonchev–Trinajstić information content (AvgIpc) is 3.53. The first-order valence-electron chi connectivity index (χ1n) is 11.2. The molecule has 33 heavy (non-hydrogen) atoms. The van der Waals surface area contributed by atoms with Gasteiger partial charge in [0.05, 0.1) is 22.8 Å².